The lowest BCUT2D eigenvalue weighted by molar-refractivity contribution is 0.509. The Morgan fingerprint density at radius 1 is 1.21 bits per heavy atom. The Balaban J connectivity index is 1.66. The summed E-state index contributed by atoms with van der Waals surface area (Å²) in [6.07, 6.45) is 4.68. The van der Waals surface area contributed by atoms with Gasteiger partial charge in [-0.2, -0.15) is 0 Å². The minimum Gasteiger partial charge on any atom is -0.423 e. The molecule has 0 saturated heterocycles. The van der Waals surface area contributed by atoms with E-state index in [1.807, 2.05) is 26.0 Å². The lowest BCUT2D eigenvalue weighted by atomic mass is 9.89. The van der Waals surface area contributed by atoms with E-state index in [4.69, 9.17) is 4.42 Å². The first-order valence-electron chi connectivity index (χ1n) is 9.94. The van der Waals surface area contributed by atoms with Gasteiger partial charge in [-0.15, -0.1) is 11.3 Å². The molecule has 0 aliphatic heterocycles. The highest BCUT2D eigenvalue weighted by molar-refractivity contribution is 7.18. The van der Waals surface area contributed by atoms with Crippen LogP contribution in [0.2, 0.25) is 0 Å². The second-order valence-corrected chi connectivity index (χ2v) is 9.32. The summed E-state index contributed by atoms with van der Waals surface area (Å²) in [6.45, 7) is 6.58. The average Bonchev–Trinajstić information content (AvgIpc) is 3.03. The Hall–Kier alpha value is -2.73. The second kappa shape index (κ2) is 6.66. The van der Waals surface area contributed by atoms with Gasteiger partial charge in [0.1, 0.15) is 10.4 Å². The minimum absolute atomic E-state index is 0.0210. The molecule has 1 aliphatic rings. The molecule has 3 heterocycles. The third-order valence-corrected chi connectivity index (χ3v) is 7.23. The van der Waals surface area contributed by atoms with Crippen molar-refractivity contribution in [2.45, 2.75) is 46.6 Å². The molecule has 0 amide bonds. The Bertz CT molecular complexity index is 1390. The molecule has 0 bridgehead atoms. The number of nitrogens with zero attached hydrogens (tertiary/aromatic N) is 2. The van der Waals surface area contributed by atoms with E-state index >= 15 is 0 Å². The van der Waals surface area contributed by atoms with Gasteiger partial charge in [-0.3, -0.25) is 9.36 Å². The fourth-order valence-corrected chi connectivity index (χ4v) is 5.62. The number of hydrogen-bond acceptors (Lipinski definition) is 5. The fraction of sp³-hybridized carbons (Fsp3) is 0.348. The zero-order valence-electron chi connectivity index (χ0n) is 16.7. The molecule has 0 radical (unpaired) electrons. The van der Waals surface area contributed by atoms with Gasteiger partial charge in [-0.05, 0) is 73.4 Å². The van der Waals surface area contributed by atoms with Crippen LogP contribution in [0.15, 0.2) is 38.5 Å². The quantitative estimate of drug-likeness (QED) is 0.464. The van der Waals surface area contributed by atoms with Gasteiger partial charge in [0, 0.05) is 16.3 Å². The number of benzene rings is 1. The van der Waals surface area contributed by atoms with Crippen LogP contribution in [-0.4, -0.2) is 9.55 Å². The van der Waals surface area contributed by atoms with Crippen molar-refractivity contribution in [3.05, 3.63) is 72.4 Å². The van der Waals surface area contributed by atoms with Crippen LogP contribution in [0, 0.1) is 19.8 Å². The molecule has 1 aliphatic carbocycles. The summed E-state index contributed by atoms with van der Waals surface area (Å²) in [5.41, 5.74) is 4.28. The highest BCUT2D eigenvalue weighted by Crippen LogP contribution is 2.35. The molecule has 0 fully saturated rings. The zero-order chi connectivity index (χ0) is 20.3. The summed E-state index contributed by atoms with van der Waals surface area (Å²) >= 11 is 1.65. The number of hydrogen-bond donors (Lipinski definition) is 0. The highest BCUT2D eigenvalue weighted by Gasteiger charge is 2.23. The summed E-state index contributed by atoms with van der Waals surface area (Å²) in [7, 11) is 0. The van der Waals surface area contributed by atoms with Gasteiger partial charge in [0.25, 0.3) is 5.56 Å². The van der Waals surface area contributed by atoms with E-state index in [1.165, 1.54) is 16.5 Å². The van der Waals surface area contributed by atoms with Gasteiger partial charge in [0.15, 0.2) is 0 Å². The summed E-state index contributed by atoms with van der Waals surface area (Å²) < 4.78 is 7.01. The SMILES string of the molecule is Cc1cc2oc(=O)cc(Cn3cnc4sc5c(c4c3=O)CCC(C)C5)c2cc1C. The van der Waals surface area contributed by atoms with Crippen molar-refractivity contribution in [1.29, 1.82) is 0 Å². The van der Waals surface area contributed by atoms with E-state index in [9.17, 15) is 9.59 Å². The Labute approximate surface area is 171 Å². The van der Waals surface area contributed by atoms with Crippen LogP contribution in [0.5, 0.6) is 0 Å². The van der Waals surface area contributed by atoms with Crippen molar-refractivity contribution in [3.63, 3.8) is 0 Å². The van der Waals surface area contributed by atoms with E-state index in [0.29, 0.717) is 18.0 Å². The molecule has 5 rings (SSSR count). The van der Waals surface area contributed by atoms with E-state index in [2.05, 4.69) is 11.9 Å². The van der Waals surface area contributed by atoms with Crippen LogP contribution in [-0.2, 0) is 19.4 Å². The van der Waals surface area contributed by atoms with E-state index < -0.39 is 5.63 Å². The molecule has 1 unspecified atom stereocenters. The molecule has 29 heavy (non-hydrogen) atoms. The van der Waals surface area contributed by atoms with Crippen LogP contribution in [0.4, 0.5) is 0 Å². The van der Waals surface area contributed by atoms with Crippen molar-refractivity contribution < 1.29 is 4.42 Å². The molecule has 0 saturated carbocycles. The summed E-state index contributed by atoms with van der Waals surface area (Å²) in [6, 6.07) is 5.39. The topological polar surface area (TPSA) is 65.1 Å². The van der Waals surface area contributed by atoms with Crippen LogP contribution in [0.3, 0.4) is 0 Å². The first-order valence-corrected chi connectivity index (χ1v) is 10.8. The summed E-state index contributed by atoms with van der Waals surface area (Å²) in [5.74, 6) is 0.652. The molecule has 0 N–H and O–H groups in total. The minimum atomic E-state index is -0.403. The van der Waals surface area contributed by atoms with Gasteiger partial charge in [-0.1, -0.05) is 6.92 Å². The maximum atomic E-state index is 13.3. The van der Waals surface area contributed by atoms with Crippen LogP contribution in [0.1, 0.15) is 40.5 Å². The van der Waals surface area contributed by atoms with Gasteiger partial charge in [0.05, 0.1) is 18.3 Å². The molecule has 1 atom stereocenters. The molecule has 148 valence electrons. The molecular formula is C23H22N2O3S. The van der Waals surface area contributed by atoms with Gasteiger partial charge < -0.3 is 4.42 Å². The van der Waals surface area contributed by atoms with E-state index in [-0.39, 0.29) is 5.56 Å². The fourth-order valence-electron chi connectivity index (χ4n) is 4.28. The normalized spacial score (nSPS) is 16.4. The average molecular weight is 407 g/mol. The molecule has 3 aromatic heterocycles. The van der Waals surface area contributed by atoms with Crippen molar-refractivity contribution in [2.24, 2.45) is 5.92 Å². The third kappa shape index (κ3) is 3.02. The first kappa shape index (κ1) is 18.3. The lowest BCUT2D eigenvalue weighted by Gasteiger charge is -2.17. The van der Waals surface area contributed by atoms with Crippen LogP contribution >= 0.6 is 11.3 Å². The Morgan fingerprint density at radius 3 is 2.83 bits per heavy atom. The van der Waals surface area contributed by atoms with E-state index in [1.54, 1.807) is 22.2 Å². The van der Waals surface area contributed by atoms with Crippen molar-refractivity contribution in [3.8, 4) is 0 Å². The van der Waals surface area contributed by atoms with Crippen LogP contribution in [0.25, 0.3) is 21.2 Å². The summed E-state index contributed by atoms with van der Waals surface area (Å²) in [4.78, 5) is 32.1. The second-order valence-electron chi connectivity index (χ2n) is 8.23. The van der Waals surface area contributed by atoms with Crippen molar-refractivity contribution in [1.82, 2.24) is 9.55 Å². The molecule has 5 nitrogen and oxygen atoms in total. The van der Waals surface area contributed by atoms with Crippen molar-refractivity contribution >= 4 is 32.5 Å². The molecule has 1 aromatic carbocycles. The Kier molecular flexibility index (Phi) is 4.21. The van der Waals surface area contributed by atoms with Crippen molar-refractivity contribution in [2.75, 3.05) is 0 Å². The monoisotopic (exact) mass is 406 g/mol. The number of aromatic nitrogens is 2. The first-order chi connectivity index (χ1) is 13.9. The Morgan fingerprint density at radius 2 is 2.00 bits per heavy atom. The van der Waals surface area contributed by atoms with E-state index in [0.717, 1.165) is 51.6 Å². The lowest BCUT2D eigenvalue weighted by Crippen LogP contribution is -2.22. The molecule has 0 spiro atoms. The highest BCUT2D eigenvalue weighted by atomic mass is 32.1. The number of rotatable bonds is 2. The number of fused-ring (bicyclic) bond motifs is 4. The number of aryl methyl sites for hydroxylation is 3. The van der Waals surface area contributed by atoms with Gasteiger partial charge in [0.2, 0.25) is 0 Å². The molecule has 4 aromatic rings. The van der Waals surface area contributed by atoms with Gasteiger partial charge in [-0.25, -0.2) is 9.78 Å². The predicted molar refractivity (Wildman–Crippen MR) is 116 cm³/mol. The summed E-state index contributed by atoms with van der Waals surface area (Å²) in [5, 5.41) is 1.62. The third-order valence-electron chi connectivity index (χ3n) is 6.07. The predicted octanol–water partition coefficient (Wildman–Crippen LogP) is 4.35. The van der Waals surface area contributed by atoms with Gasteiger partial charge >= 0.3 is 5.63 Å². The zero-order valence-corrected chi connectivity index (χ0v) is 17.6. The molecular weight excluding hydrogens is 384 g/mol. The smallest absolute Gasteiger partial charge is 0.336 e. The maximum Gasteiger partial charge on any atom is 0.336 e. The maximum absolute atomic E-state index is 13.3. The molecule has 6 heteroatoms. The number of thiophene rings is 1. The standard InChI is InChI=1S/C23H22N2O3S/c1-12-4-5-16-19(6-12)29-22-21(16)23(27)25(11-24-22)10-15-9-20(26)28-18-8-14(3)13(2)7-17(15)18/h7-9,11-12H,4-6,10H2,1-3H3. The van der Waals surface area contributed by atoms with Crippen LogP contribution < -0.4 is 11.2 Å². The largest absolute Gasteiger partial charge is 0.423 e.